The van der Waals surface area contributed by atoms with Crippen LogP contribution in [0.1, 0.15) is 0 Å². The number of fused-ring (bicyclic) bond motifs is 8. The molecule has 2 heterocycles. The molecule has 0 fully saturated rings. The Bertz CT molecular complexity index is 2850. The van der Waals surface area contributed by atoms with Gasteiger partial charge >= 0.3 is 0 Å². The van der Waals surface area contributed by atoms with Gasteiger partial charge in [-0.1, -0.05) is 127 Å². The van der Waals surface area contributed by atoms with Crippen LogP contribution in [0.5, 0.6) is 0 Å². The Balaban J connectivity index is 1.11. The minimum Gasteiger partial charge on any atom is -0.452 e. The van der Waals surface area contributed by atoms with Gasteiger partial charge in [-0.2, -0.15) is 0 Å². The summed E-state index contributed by atoms with van der Waals surface area (Å²) in [5.41, 5.74) is 10.3. The molecular weight excluding hydrogens is 609 g/mol. The van der Waals surface area contributed by atoms with Crippen LogP contribution >= 0.6 is 0 Å². The third kappa shape index (κ3) is 4.63. The van der Waals surface area contributed by atoms with Crippen LogP contribution in [0.3, 0.4) is 0 Å². The first-order valence-electron chi connectivity index (χ1n) is 17.0. The largest absolute Gasteiger partial charge is 0.452 e. The Kier molecular flexibility index (Phi) is 6.49. The molecule has 234 valence electrons. The molecule has 0 amide bonds. The molecule has 8 aromatic carbocycles. The van der Waals surface area contributed by atoms with Crippen molar-refractivity contribution in [2.24, 2.45) is 0 Å². The first kappa shape index (κ1) is 28.3. The highest BCUT2D eigenvalue weighted by atomic mass is 16.3. The van der Waals surface area contributed by atoms with Crippen LogP contribution in [0, 0.1) is 0 Å². The van der Waals surface area contributed by atoms with E-state index in [9.17, 15) is 0 Å². The van der Waals surface area contributed by atoms with Crippen LogP contribution in [0.25, 0.3) is 76.6 Å². The van der Waals surface area contributed by atoms with E-state index < -0.39 is 0 Å². The lowest BCUT2D eigenvalue weighted by Gasteiger charge is -2.26. The number of hydrogen-bond acceptors (Lipinski definition) is 3. The first-order valence-corrected chi connectivity index (χ1v) is 17.0. The maximum absolute atomic E-state index is 6.77. The molecular formula is C47H30N2O. The highest BCUT2D eigenvalue weighted by molar-refractivity contribution is 6.16. The van der Waals surface area contributed by atoms with Gasteiger partial charge in [0, 0.05) is 33.7 Å². The average Bonchev–Trinajstić information content (AvgIpc) is 3.59. The van der Waals surface area contributed by atoms with Crippen molar-refractivity contribution >= 4 is 71.4 Å². The van der Waals surface area contributed by atoms with Crippen molar-refractivity contribution in [2.75, 3.05) is 4.90 Å². The van der Waals surface area contributed by atoms with E-state index >= 15 is 0 Å². The summed E-state index contributed by atoms with van der Waals surface area (Å²) in [6.45, 7) is 0. The van der Waals surface area contributed by atoms with Crippen molar-refractivity contribution < 1.29 is 4.42 Å². The molecule has 10 aromatic rings. The number of pyridine rings is 1. The highest BCUT2D eigenvalue weighted by Gasteiger charge is 2.20. The summed E-state index contributed by atoms with van der Waals surface area (Å²) < 4.78 is 6.77. The second-order valence-electron chi connectivity index (χ2n) is 12.8. The standard InChI is InChI=1S/C47H30N2O/c1-2-8-31(9-3-1)32-17-23-38(24-18-32)49(44-14-6-13-42-43-28-21-35-11-7-29-48-45(35)47(43)50-46(42)44)39-25-19-33(20-26-39)36-22-27-41-37(30-36)16-15-34-10-4-5-12-40(34)41/h1-30H. The van der Waals surface area contributed by atoms with Gasteiger partial charge in [-0.3, -0.25) is 4.98 Å². The minimum absolute atomic E-state index is 0.810. The van der Waals surface area contributed by atoms with Gasteiger partial charge < -0.3 is 9.32 Å². The maximum Gasteiger partial charge on any atom is 0.161 e. The molecule has 0 unspecified atom stereocenters. The Morgan fingerprint density at radius 2 is 0.960 bits per heavy atom. The molecule has 0 bridgehead atoms. The van der Waals surface area contributed by atoms with E-state index in [1.807, 2.05) is 12.3 Å². The molecule has 0 radical (unpaired) electrons. The zero-order valence-corrected chi connectivity index (χ0v) is 27.1. The van der Waals surface area contributed by atoms with Gasteiger partial charge in [-0.15, -0.1) is 0 Å². The van der Waals surface area contributed by atoms with E-state index in [-0.39, 0.29) is 0 Å². The highest BCUT2D eigenvalue weighted by Crippen LogP contribution is 2.44. The lowest BCUT2D eigenvalue weighted by atomic mass is 9.97. The van der Waals surface area contributed by atoms with Gasteiger partial charge in [0.25, 0.3) is 0 Å². The van der Waals surface area contributed by atoms with E-state index in [1.54, 1.807) is 0 Å². The Hall–Kier alpha value is -6.71. The average molecular weight is 639 g/mol. The summed E-state index contributed by atoms with van der Waals surface area (Å²) in [7, 11) is 0. The Morgan fingerprint density at radius 3 is 1.78 bits per heavy atom. The third-order valence-corrected chi connectivity index (χ3v) is 9.89. The molecule has 2 aromatic heterocycles. The zero-order valence-electron chi connectivity index (χ0n) is 27.1. The van der Waals surface area contributed by atoms with Crippen LogP contribution in [-0.2, 0) is 0 Å². The predicted molar refractivity (Wildman–Crippen MR) is 210 cm³/mol. The van der Waals surface area contributed by atoms with Crippen molar-refractivity contribution in [3.63, 3.8) is 0 Å². The predicted octanol–water partition coefficient (Wildman–Crippen LogP) is 13.2. The van der Waals surface area contributed by atoms with Crippen molar-refractivity contribution in [1.29, 1.82) is 0 Å². The molecule has 50 heavy (non-hydrogen) atoms. The maximum atomic E-state index is 6.77. The summed E-state index contributed by atoms with van der Waals surface area (Å²) in [4.78, 5) is 7.00. The van der Waals surface area contributed by atoms with Gasteiger partial charge in [0.15, 0.2) is 11.2 Å². The van der Waals surface area contributed by atoms with Gasteiger partial charge in [-0.25, -0.2) is 0 Å². The van der Waals surface area contributed by atoms with Crippen LogP contribution in [0.2, 0.25) is 0 Å². The fourth-order valence-corrected chi connectivity index (χ4v) is 7.41. The zero-order chi connectivity index (χ0) is 33.0. The van der Waals surface area contributed by atoms with Gasteiger partial charge in [0.05, 0.1) is 5.69 Å². The van der Waals surface area contributed by atoms with Gasteiger partial charge in [0.1, 0.15) is 5.52 Å². The van der Waals surface area contributed by atoms with Crippen molar-refractivity contribution in [3.8, 4) is 22.3 Å². The monoisotopic (exact) mass is 638 g/mol. The normalized spacial score (nSPS) is 11.6. The van der Waals surface area contributed by atoms with E-state index in [1.165, 1.54) is 43.8 Å². The summed E-state index contributed by atoms with van der Waals surface area (Å²) in [5.74, 6) is 0. The second-order valence-corrected chi connectivity index (χ2v) is 12.8. The van der Waals surface area contributed by atoms with Crippen molar-refractivity contribution in [3.05, 3.63) is 182 Å². The number of anilines is 3. The quantitative estimate of drug-likeness (QED) is 0.176. The fourth-order valence-electron chi connectivity index (χ4n) is 7.41. The Labute approximate surface area is 289 Å². The molecule has 0 N–H and O–H groups in total. The van der Waals surface area contributed by atoms with Crippen molar-refractivity contribution in [2.45, 2.75) is 0 Å². The van der Waals surface area contributed by atoms with Crippen LogP contribution in [0.4, 0.5) is 17.1 Å². The molecule has 0 aliphatic carbocycles. The van der Waals surface area contributed by atoms with Crippen molar-refractivity contribution in [1.82, 2.24) is 4.98 Å². The summed E-state index contributed by atoms with van der Waals surface area (Å²) in [6.07, 6.45) is 1.83. The van der Waals surface area contributed by atoms with Crippen LogP contribution in [0.15, 0.2) is 187 Å². The lowest BCUT2D eigenvalue weighted by molar-refractivity contribution is 0.672. The van der Waals surface area contributed by atoms with Crippen LogP contribution in [-0.4, -0.2) is 4.98 Å². The summed E-state index contributed by atoms with van der Waals surface area (Å²) >= 11 is 0. The number of nitrogens with zero attached hydrogens (tertiary/aromatic N) is 2. The molecule has 0 aliphatic rings. The summed E-state index contributed by atoms with van der Waals surface area (Å²) in [5, 5.41) is 8.25. The number of aromatic nitrogens is 1. The number of rotatable bonds is 5. The number of para-hydroxylation sites is 1. The first-order chi connectivity index (χ1) is 24.8. The van der Waals surface area contributed by atoms with Gasteiger partial charge in [-0.05, 0) is 92.3 Å². The smallest absolute Gasteiger partial charge is 0.161 e. The molecule has 0 atom stereocenters. The third-order valence-electron chi connectivity index (χ3n) is 9.89. The lowest BCUT2D eigenvalue weighted by Crippen LogP contribution is -2.10. The molecule has 0 saturated heterocycles. The molecule has 0 saturated carbocycles. The topological polar surface area (TPSA) is 29.3 Å². The number of benzene rings is 8. The van der Waals surface area contributed by atoms with Crippen LogP contribution < -0.4 is 4.90 Å². The second kappa shape index (κ2) is 11.5. The molecule has 0 spiro atoms. The summed E-state index contributed by atoms with van der Waals surface area (Å²) in [6, 6.07) is 62.7. The van der Waals surface area contributed by atoms with E-state index in [0.29, 0.717) is 0 Å². The molecule has 3 nitrogen and oxygen atoms in total. The Morgan fingerprint density at radius 1 is 0.380 bits per heavy atom. The number of furan rings is 1. The number of hydrogen-bond donors (Lipinski definition) is 0. The van der Waals surface area contributed by atoms with E-state index in [0.717, 1.165) is 49.9 Å². The minimum atomic E-state index is 0.810. The fraction of sp³-hybridized carbons (Fsp3) is 0. The molecule has 0 aliphatic heterocycles. The van der Waals surface area contributed by atoms with Gasteiger partial charge in [0.2, 0.25) is 0 Å². The molecule has 10 rings (SSSR count). The SMILES string of the molecule is c1ccc(-c2ccc(N(c3ccc(-c4ccc5c(ccc6ccccc65)c4)cc3)c3cccc4c3oc3c4ccc4cccnc43)cc2)cc1. The van der Waals surface area contributed by atoms with E-state index in [4.69, 9.17) is 9.40 Å². The van der Waals surface area contributed by atoms with E-state index in [2.05, 4.69) is 175 Å². The molecule has 3 heteroatoms.